The Labute approximate surface area is 177 Å². The number of hydrogen-bond acceptors (Lipinski definition) is 3. The summed E-state index contributed by atoms with van der Waals surface area (Å²) in [7, 11) is -3.75. The zero-order valence-electron chi connectivity index (χ0n) is 16.9. The summed E-state index contributed by atoms with van der Waals surface area (Å²) in [6.45, 7) is 4.54. The number of nitrogens with one attached hydrogen (secondary N) is 1. The molecule has 0 unspecified atom stereocenters. The van der Waals surface area contributed by atoms with Crippen LogP contribution in [0, 0.1) is 13.8 Å². The first-order chi connectivity index (χ1) is 14.4. The van der Waals surface area contributed by atoms with Gasteiger partial charge in [0.2, 0.25) is 0 Å². The molecule has 0 saturated carbocycles. The lowest BCUT2D eigenvalue weighted by Gasteiger charge is -2.09. The van der Waals surface area contributed by atoms with Crippen LogP contribution in [0.3, 0.4) is 0 Å². The lowest BCUT2D eigenvalue weighted by Crippen LogP contribution is -2.14. The smallest absolute Gasteiger partial charge is 0.263 e. The third kappa shape index (κ3) is 4.14. The fourth-order valence-corrected chi connectivity index (χ4v) is 4.41. The van der Waals surface area contributed by atoms with E-state index in [1.54, 1.807) is 30.3 Å². The summed E-state index contributed by atoms with van der Waals surface area (Å²) in [5, 5.41) is 4.64. The molecule has 0 spiro atoms. The maximum absolute atomic E-state index is 13.0. The molecular formula is C24H23N3O2S. The summed E-state index contributed by atoms with van der Waals surface area (Å²) in [5.74, 6) is 0.330. The van der Waals surface area contributed by atoms with Gasteiger partial charge in [0.15, 0.2) is 5.82 Å². The quantitative estimate of drug-likeness (QED) is 0.479. The average Bonchev–Trinajstić information content (AvgIpc) is 3.04. The second-order valence-corrected chi connectivity index (χ2v) is 8.92. The van der Waals surface area contributed by atoms with Crippen LogP contribution in [0.4, 0.5) is 5.82 Å². The molecule has 0 aliphatic carbocycles. The number of aromatic nitrogens is 2. The Balaban J connectivity index is 1.79. The van der Waals surface area contributed by atoms with Crippen LogP contribution >= 0.6 is 0 Å². The molecule has 0 radical (unpaired) electrons. The minimum atomic E-state index is -3.75. The zero-order valence-corrected chi connectivity index (χ0v) is 17.7. The van der Waals surface area contributed by atoms with Crippen LogP contribution in [0.25, 0.3) is 11.1 Å². The molecule has 6 heteroatoms. The average molecular weight is 418 g/mol. The van der Waals surface area contributed by atoms with E-state index >= 15 is 0 Å². The molecule has 0 fully saturated rings. The van der Waals surface area contributed by atoms with Gasteiger partial charge in [-0.3, -0.25) is 9.40 Å². The molecule has 0 atom stereocenters. The summed E-state index contributed by atoms with van der Waals surface area (Å²) in [6.07, 6.45) is 0. The van der Waals surface area contributed by atoms with Crippen LogP contribution in [0.15, 0.2) is 89.8 Å². The van der Waals surface area contributed by atoms with Gasteiger partial charge >= 0.3 is 0 Å². The molecule has 0 saturated heterocycles. The fraction of sp³-hybridized carbons (Fsp3) is 0.125. The lowest BCUT2D eigenvalue weighted by atomic mass is 10.0. The van der Waals surface area contributed by atoms with Crippen molar-refractivity contribution in [1.29, 1.82) is 0 Å². The molecule has 152 valence electrons. The van der Waals surface area contributed by atoms with Gasteiger partial charge in [-0.25, -0.2) is 8.42 Å². The Morgan fingerprint density at radius 3 is 2.07 bits per heavy atom. The molecule has 4 rings (SSSR count). The summed E-state index contributed by atoms with van der Waals surface area (Å²) >= 11 is 0. The van der Waals surface area contributed by atoms with Crippen molar-refractivity contribution in [3.63, 3.8) is 0 Å². The maximum Gasteiger partial charge on any atom is 0.263 e. The van der Waals surface area contributed by atoms with Crippen molar-refractivity contribution in [1.82, 2.24) is 9.78 Å². The molecule has 3 aromatic carbocycles. The van der Waals surface area contributed by atoms with Gasteiger partial charge < -0.3 is 0 Å². The second-order valence-electron chi connectivity index (χ2n) is 7.24. The summed E-state index contributed by atoms with van der Waals surface area (Å²) < 4.78 is 30.5. The largest absolute Gasteiger partial charge is 0.263 e. The van der Waals surface area contributed by atoms with Crippen LogP contribution in [-0.2, 0) is 16.6 Å². The molecule has 4 aromatic rings. The van der Waals surface area contributed by atoms with E-state index in [4.69, 9.17) is 0 Å². The highest BCUT2D eigenvalue weighted by atomic mass is 32.2. The Bertz CT molecular complexity index is 1250. The van der Waals surface area contributed by atoms with Crippen LogP contribution in [0.5, 0.6) is 0 Å². The van der Waals surface area contributed by atoms with Gasteiger partial charge in [-0.1, -0.05) is 78.4 Å². The molecule has 1 aromatic heterocycles. The normalized spacial score (nSPS) is 11.4. The van der Waals surface area contributed by atoms with Crippen molar-refractivity contribution >= 4 is 15.8 Å². The van der Waals surface area contributed by atoms with E-state index in [1.165, 1.54) is 0 Å². The molecule has 0 aliphatic heterocycles. The summed E-state index contributed by atoms with van der Waals surface area (Å²) in [4.78, 5) is 0.204. The molecular weight excluding hydrogens is 394 g/mol. The van der Waals surface area contributed by atoms with E-state index in [9.17, 15) is 8.42 Å². The molecule has 5 nitrogen and oxygen atoms in total. The van der Waals surface area contributed by atoms with Gasteiger partial charge in [-0.2, -0.15) is 5.10 Å². The minimum absolute atomic E-state index is 0.204. The third-order valence-electron chi connectivity index (χ3n) is 5.01. The van der Waals surface area contributed by atoms with Crippen LogP contribution in [0.1, 0.15) is 16.8 Å². The van der Waals surface area contributed by atoms with Crippen LogP contribution in [0.2, 0.25) is 0 Å². The van der Waals surface area contributed by atoms with E-state index in [2.05, 4.69) is 9.82 Å². The van der Waals surface area contributed by atoms with Gasteiger partial charge in [0.25, 0.3) is 10.0 Å². The molecule has 0 aliphatic rings. The van der Waals surface area contributed by atoms with Gasteiger partial charge in [0.1, 0.15) is 0 Å². The standard InChI is InChI=1S/C24H23N3O2S/c1-18-13-15-21(16-14-18)23-19(2)27(17-20-9-5-3-6-10-20)25-24(23)26-30(28,29)22-11-7-4-8-12-22/h3-16H,17H2,1-2H3,(H,25,26). The highest BCUT2D eigenvalue weighted by Crippen LogP contribution is 2.33. The van der Waals surface area contributed by atoms with E-state index in [1.807, 2.05) is 73.1 Å². The van der Waals surface area contributed by atoms with Crippen molar-refractivity contribution in [2.75, 3.05) is 4.72 Å². The Hall–Kier alpha value is -3.38. The summed E-state index contributed by atoms with van der Waals surface area (Å²) in [6, 6.07) is 26.3. The lowest BCUT2D eigenvalue weighted by molar-refractivity contribution is 0.600. The van der Waals surface area contributed by atoms with Crippen molar-refractivity contribution in [3.8, 4) is 11.1 Å². The summed E-state index contributed by atoms with van der Waals surface area (Å²) in [5.41, 5.74) is 4.83. The zero-order chi connectivity index (χ0) is 21.1. The number of anilines is 1. The Kier molecular flexibility index (Phi) is 5.42. The van der Waals surface area contributed by atoms with Gasteiger partial charge in [-0.05, 0) is 37.1 Å². The highest BCUT2D eigenvalue weighted by Gasteiger charge is 2.22. The SMILES string of the molecule is Cc1ccc(-c2c(NS(=O)(=O)c3ccccc3)nn(Cc3ccccc3)c2C)cc1. The molecule has 30 heavy (non-hydrogen) atoms. The number of benzene rings is 3. The van der Waals surface area contributed by atoms with Crippen molar-refractivity contribution in [3.05, 3.63) is 102 Å². The van der Waals surface area contributed by atoms with E-state index < -0.39 is 10.0 Å². The van der Waals surface area contributed by atoms with Crippen molar-refractivity contribution in [2.45, 2.75) is 25.3 Å². The van der Waals surface area contributed by atoms with Gasteiger partial charge in [0, 0.05) is 11.3 Å². The number of nitrogens with zero attached hydrogens (tertiary/aromatic N) is 2. The predicted octanol–water partition coefficient (Wildman–Crippen LogP) is 5.02. The Morgan fingerprint density at radius 2 is 1.43 bits per heavy atom. The molecule has 1 N–H and O–H groups in total. The highest BCUT2D eigenvalue weighted by molar-refractivity contribution is 7.92. The number of aryl methyl sites for hydroxylation is 1. The van der Waals surface area contributed by atoms with Crippen LogP contribution < -0.4 is 4.72 Å². The number of rotatable bonds is 6. The number of sulfonamides is 1. The van der Waals surface area contributed by atoms with Gasteiger partial charge in [0.05, 0.1) is 11.4 Å². The van der Waals surface area contributed by atoms with E-state index in [0.717, 1.165) is 27.9 Å². The predicted molar refractivity (Wildman–Crippen MR) is 120 cm³/mol. The van der Waals surface area contributed by atoms with Gasteiger partial charge in [-0.15, -0.1) is 0 Å². The topological polar surface area (TPSA) is 64.0 Å². The molecule has 0 bridgehead atoms. The first-order valence-corrected chi connectivity index (χ1v) is 11.2. The van der Waals surface area contributed by atoms with Crippen molar-refractivity contribution < 1.29 is 8.42 Å². The molecule has 1 heterocycles. The van der Waals surface area contributed by atoms with Crippen molar-refractivity contribution in [2.24, 2.45) is 0 Å². The number of hydrogen-bond donors (Lipinski definition) is 1. The molecule has 0 amide bonds. The van der Waals surface area contributed by atoms with E-state index in [-0.39, 0.29) is 4.90 Å². The van der Waals surface area contributed by atoms with Crippen LogP contribution in [-0.4, -0.2) is 18.2 Å². The van der Waals surface area contributed by atoms with E-state index in [0.29, 0.717) is 12.4 Å². The third-order valence-corrected chi connectivity index (χ3v) is 6.36. The fourth-order valence-electron chi connectivity index (χ4n) is 3.38. The first-order valence-electron chi connectivity index (χ1n) is 9.70. The second kappa shape index (κ2) is 8.16. The monoisotopic (exact) mass is 417 g/mol. The maximum atomic E-state index is 13.0. The minimum Gasteiger partial charge on any atom is -0.263 e. The first kappa shape index (κ1) is 19.9. The Morgan fingerprint density at radius 1 is 0.833 bits per heavy atom.